The van der Waals surface area contributed by atoms with Crippen molar-refractivity contribution in [2.75, 3.05) is 13.1 Å². The van der Waals surface area contributed by atoms with Crippen LogP contribution in [0.4, 0.5) is 4.79 Å². The summed E-state index contributed by atoms with van der Waals surface area (Å²) in [6.07, 6.45) is 1.17. The molecule has 0 aromatic heterocycles. The number of carbonyl (C=O) groups excluding carboxylic acids is 2. The topological polar surface area (TPSA) is 113 Å². The molecular weight excluding hydrogens is 238 g/mol. The first-order valence-corrected chi connectivity index (χ1v) is 5.84. The normalized spacial score (nSPS) is 25.3. The van der Waals surface area contributed by atoms with Gasteiger partial charge in [0.1, 0.15) is 6.04 Å². The molecule has 0 saturated carbocycles. The molecule has 0 aromatic carbocycles. The summed E-state index contributed by atoms with van der Waals surface area (Å²) in [5.41, 5.74) is 4.12. The maximum absolute atomic E-state index is 11.8. The van der Waals surface area contributed by atoms with E-state index in [9.17, 15) is 14.4 Å². The summed E-state index contributed by atoms with van der Waals surface area (Å²) >= 11 is 0. The minimum atomic E-state index is -0.925. The number of piperidine rings is 1. The van der Waals surface area contributed by atoms with Crippen molar-refractivity contribution in [3.05, 3.63) is 0 Å². The fourth-order valence-electron chi connectivity index (χ4n) is 1.93. The summed E-state index contributed by atoms with van der Waals surface area (Å²) in [5.74, 6) is -1.54. The predicted molar refractivity (Wildman–Crippen MR) is 63.7 cm³/mol. The van der Waals surface area contributed by atoms with Crippen LogP contribution in [0, 0.1) is 5.41 Å². The van der Waals surface area contributed by atoms with Gasteiger partial charge in [-0.2, -0.15) is 0 Å². The second-order valence-corrected chi connectivity index (χ2v) is 4.96. The number of hydrogen-bond donors (Lipinski definition) is 3. The van der Waals surface area contributed by atoms with Crippen LogP contribution in [0.3, 0.4) is 0 Å². The van der Waals surface area contributed by atoms with Crippen LogP contribution in [0.1, 0.15) is 26.7 Å². The van der Waals surface area contributed by atoms with Gasteiger partial charge < -0.3 is 21.1 Å². The van der Waals surface area contributed by atoms with Crippen molar-refractivity contribution < 1.29 is 19.5 Å². The summed E-state index contributed by atoms with van der Waals surface area (Å²) in [7, 11) is 0. The van der Waals surface area contributed by atoms with E-state index in [1.807, 2.05) is 0 Å². The highest BCUT2D eigenvalue weighted by Crippen LogP contribution is 2.29. The second-order valence-electron chi connectivity index (χ2n) is 4.96. The number of carboxylic acid groups (broad SMARTS) is 1. The van der Waals surface area contributed by atoms with Crippen LogP contribution in [-0.2, 0) is 9.59 Å². The number of likely N-dealkylation sites (tertiary alicyclic amines) is 1. The third kappa shape index (κ3) is 3.12. The molecule has 102 valence electrons. The Bertz CT molecular complexity index is 371. The number of nitrogens with one attached hydrogen (secondary N) is 1. The fraction of sp³-hybridized carbons (Fsp3) is 0.727. The Morgan fingerprint density at radius 1 is 1.44 bits per heavy atom. The third-order valence-corrected chi connectivity index (χ3v) is 3.27. The van der Waals surface area contributed by atoms with Crippen LogP contribution in [-0.4, -0.2) is 47.0 Å². The van der Waals surface area contributed by atoms with Gasteiger partial charge in [-0.3, -0.25) is 9.59 Å². The minimum absolute atomic E-state index is 0.139. The molecule has 0 radical (unpaired) electrons. The van der Waals surface area contributed by atoms with Gasteiger partial charge in [-0.25, -0.2) is 4.79 Å². The molecule has 1 rings (SSSR count). The molecule has 1 aliphatic rings. The Labute approximate surface area is 105 Å². The summed E-state index contributed by atoms with van der Waals surface area (Å²) in [6.45, 7) is 3.73. The van der Waals surface area contributed by atoms with Gasteiger partial charge in [-0.15, -0.1) is 0 Å². The molecule has 2 unspecified atom stereocenters. The van der Waals surface area contributed by atoms with Gasteiger partial charge in [-0.1, -0.05) is 0 Å². The summed E-state index contributed by atoms with van der Waals surface area (Å²) in [6, 6.07) is -1.22. The Morgan fingerprint density at radius 2 is 2.06 bits per heavy atom. The number of nitrogens with zero attached hydrogens (tertiary/aromatic N) is 1. The monoisotopic (exact) mass is 257 g/mol. The lowest BCUT2D eigenvalue weighted by Gasteiger charge is -2.37. The fourth-order valence-corrected chi connectivity index (χ4v) is 1.93. The number of hydrogen-bond acceptors (Lipinski definition) is 3. The van der Waals surface area contributed by atoms with E-state index >= 15 is 0 Å². The number of amides is 3. The first-order chi connectivity index (χ1) is 8.26. The Morgan fingerprint density at radius 3 is 2.56 bits per heavy atom. The maximum atomic E-state index is 11.8. The van der Waals surface area contributed by atoms with Crippen molar-refractivity contribution >= 4 is 17.9 Å². The van der Waals surface area contributed by atoms with E-state index in [0.717, 1.165) is 0 Å². The summed E-state index contributed by atoms with van der Waals surface area (Å²) in [4.78, 5) is 35.2. The maximum Gasteiger partial charge on any atom is 0.318 e. The van der Waals surface area contributed by atoms with Crippen molar-refractivity contribution in [1.29, 1.82) is 0 Å². The first kappa shape index (κ1) is 14.3. The molecule has 7 heteroatoms. The molecule has 3 amide bonds. The van der Waals surface area contributed by atoms with E-state index in [-0.39, 0.29) is 6.54 Å². The molecule has 1 saturated heterocycles. The Balaban J connectivity index is 2.64. The van der Waals surface area contributed by atoms with Gasteiger partial charge in [0.25, 0.3) is 0 Å². The van der Waals surface area contributed by atoms with Crippen LogP contribution in [0.5, 0.6) is 0 Å². The molecule has 0 bridgehead atoms. The van der Waals surface area contributed by atoms with E-state index in [2.05, 4.69) is 5.32 Å². The van der Waals surface area contributed by atoms with Crippen LogP contribution in [0.25, 0.3) is 0 Å². The van der Waals surface area contributed by atoms with Gasteiger partial charge in [0, 0.05) is 13.1 Å². The standard InChI is InChI=1S/C11H19N3O4/c1-7(8(12)15)13-10(18)14-5-3-4-11(2,6-14)9(16)17/h7H,3-6H2,1-2H3,(H2,12,15)(H,13,18)(H,16,17). The van der Waals surface area contributed by atoms with E-state index < -0.39 is 29.4 Å². The molecule has 1 aliphatic heterocycles. The molecule has 18 heavy (non-hydrogen) atoms. The van der Waals surface area contributed by atoms with Gasteiger partial charge in [0.2, 0.25) is 5.91 Å². The van der Waals surface area contributed by atoms with Crippen LogP contribution < -0.4 is 11.1 Å². The average Bonchev–Trinajstić information content (AvgIpc) is 2.28. The second kappa shape index (κ2) is 5.24. The number of carboxylic acids is 1. The van der Waals surface area contributed by atoms with E-state index in [1.165, 1.54) is 11.8 Å². The van der Waals surface area contributed by atoms with Gasteiger partial charge >= 0.3 is 12.0 Å². The van der Waals surface area contributed by atoms with Gasteiger partial charge in [0.15, 0.2) is 0 Å². The quantitative estimate of drug-likeness (QED) is 0.647. The molecule has 1 heterocycles. The number of rotatable bonds is 3. The van der Waals surface area contributed by atoms with Crippen molar-refractivity contribution in [2.24, 2.45) is 11.1 Å². The average molecular weight is 257 g/mol. The smallest absolute Gasteiger partial charge is 0.318 e. The molecule has 0 aromatic rings. The molecule has 1 fully saturated rings. The van der Waals surface area contributed by atoms with Crippen LogP contribution in [0.2, 0.25) is 0 Å². The van der Waals surface area contributed by atoms with Crippen LogP contribution in [0.15, 0.2) is 0 Å². The van der Waals surface area contributed by atoms with Crippen molar-refractivity contribution in [1.82, 2.24) is 10.2 Å². The Hall–Kier alpha value is -1.79. The lowest BCUT2D eigenvalue weighted by molar-refractivity contribution is -0.150. The number of primary amides is 1. The highest BCUT2D eigenvalue weighted by Gasteiger charge is 2.39. The van der Waals surface area contributed by atoms with Crippen molar-refractivity contribution in [2.45, 2.75) is 32.7 Å². The lowest BCUT2D eigenvalue weighted by Crippen LogP contribution is -2.54. The third-order valence-electron chi connectivity index (χ3n) is 3.27. The summed E-state index contributed by atoms with van der Waals surface area (Å²) < 4.78 is 0. The molecule has 0 aliphatic carbocycles. The van der Waals surface area contributed by atoms with Gasteiger partial charge in [-0.05, 0) is 26.7 Å². The van der Waals surface area contributed by atoms with Crippen molar-refractivity contribution in [3.63, 3.8) is 0 Å². The number of carbonyl (C=O) groups is 3. The van der Waals surface area contributed by atoms with E-state index in [4.69, 9.17) is 10.8 Å². The minimum Gasteiger partial charge on any atom is -0.481 e. The lowest BCUT2D eigenvalue weighted by atomic mass is 9.82. The predicted octanol–water partition coefficient (Wildman–Crippen LogP) is -0.243. The Kier molecular flexibility index (Phi) is 4.15. The summed E-state index contributed by atoms with van der Waals surface area (Å²) in [5, 5.41) is 11.6. The van der Waals surface area contributed by atoms with Crippen molar-refractivity contribution in [3.8, 4) is 0 Å². The SMILES string of the molecule is CC(NC(=O)N1CCCC(C)(C(=O)O)C1)C(N)=O. The van der Waals surface area contributed by atoms with Crippen LogP contribution >= 0.6 is 0 Å². The molecule has 0 spiro atoms. The molecular formula is C11H19N3O4. The zero-order valence-electron chi connectivity index (χ0n) is 10.6. The molecule has 7 nitrogen and oxygen atoms in total. The largest absolute Gasteiger partial charge is 0.481 e. The zero-order chi connectivity index (χ0) is 13.9. The highest BCUT2D eigenvalue weighted by molar-refractivity contribution is 5.86. The van der Waals surface area contributed by atoms with E-state index in [0.29, 0.717) is 19.4 Å². The molecule has 4 N–H and O–H groups in total. The van der Waals surface area contributed by atoms with Gasteiger partial charge in [0.05, 0.1) is 5.41 Å². The zero-order valence-corrected chi connectivity index (χ0v) is 10.6. The molecule has 2 atom stereocenters. The van der Waals surface area contributed by atoms with E-state index in [1.54, 1.807) is 6.92 Å². The highest BCUT2D eigenvalue weighted by atomic mass is 16.4. The number of aliphatic carboxylic acids is 1. The first-order valence-electron chi connectivity index (χ1n) is 5.84. The number of urea groups is 1. The number of nitrogens with two attached hydrogens (primary N) is 1.